The van der Waals surface area contributed by atoms with Gasteiger partial charge >= 0.3 is 0 Å². The second-order valence-corrected chi connectivity index (χ2v) is 5.51. The van der Waals surface area contributed by atoms with Crippen LogP contribution in [0.1, 0.15) is 0 Å². The Morgan fingerprint density at radius 2 is 1.94 bits per heavy atom. The molecule has 3 nitrogen and oxygen atoms in total. The molecule has 2 aromatic rings. The van der Waals surface area contributed by atoms with Crippen molar-refractivity contribution < 1.29 is 17.2 Å². The van der Waals surface area contributed by atoms with Crippen LogP contribution in [0.5, 0.6) is 0 Å². The summed E-state index contributed by atoms with van der Waals surface area (Å²) in [6.45, 7) is 0. The first-order valence-corrected chi connectivity index (χ1v) is 6.39. The molecule has 1 heterocycles. The monoisotopic (exact) mass is 263 g/mol. The lowest BCUT2D eigenvalue weighted by Crippen LogP contribution is -1.99. The third-order valence-electron chi connectivity index (χ3n) is 1.99. The molecule has 0 N–H and O–H groups in total. The number of hydrogen-bond acceptors (Lipinski definition) is 3. The average Bonchev–Trinajstić information content (AvgIpc) is 2.15. The van der Waals surface area contributed by atoms with Crippen molar-refractivity contribution in [1.29, 1.82) is 0 Å². The molecule has 0 bridgehead atoms. The van der Waals surface area contributed by atoms with Crippen LogP contribution < -0.4 is 0 Å². The fraction of sp³-hybridized carbons (Fsp3) is 0. The van der Waals surface area contributed by atoms with Gasteiger partial charge in [-0.1, -0.05) is 0 Å². The van der Waals surface area contributed by atoms with E-state index in [9.17, 15) is 17.2 Å². The molecule has 0 fully saturated rings. The molecule has 0 atom stereocenters. The summed E-state index contributed by atoms with van der Waals surface area (Å²) in [6.07, 6.45) is 1.27. The van der Waals surface area contributed by atoms with Gasteiger partial charge in [-0.25, -0.2) is 17.2 Å². The highest BCUT2D eigenvalue weighted by molar-refractivity contribution is 8.14. The molecule has 1 aromatic heterocycles. The van der Waals surface area contributed by atoms with E-state index in [0.717, 1.165) is 0 Å². The summed E-state index contributed by atoms with van der Waals surface area (Å²) in [5, 5.41) is -0.171. The molecule has 0 spiro atoms. The summed E-state index contributed by atoms with van der Waals surface area (Å²) in [7, 11) is 0.791. The summed E-state index contributed by atoms with van der Waals surface area (Å²) >= 11 is 0. The highest BCUT2D eigenvalue weighted by Gasteiger charge is 2.22. The number of pyridine rings is 1. The zero-order chi connectivity index (χ0) is 11.9. The van der Waals surface area contributed by atoms with E-state index in [1.165, 1.54) is 18.3 Å². The largest absolute Gasteiger partial charge is 0.264 e. The van der Waals surface area contributed by atoms with Crippen molar-refractivity contribution >= 4 is 30.6 Å². The van der Waals surface area contributed by atoms with Crippen molar-refractivity contribution in [2.24, 2.45) is 0 Å². The van der Waals surface area contributed by atoms with E-state index in [0.29, 0.717) is 6.07 Å². The number of aromatic nitrogens is 1. The van der Waals surface area contributed by atoms with Gasteiger partial charge in [0.25, 0.3) is 9.05 Å². The maximum absolute atomic E-state index is 13.3. The molecule has 7 heteroatoms. The van der Waals surface area contributed by atoms with Crippen LogP contribution in [-0.2, 0) is 9.05 Å². The highest BCUT2D eigenvalue weighted by Crippen LogP contribution is 2.29. The Hall–Kier alpha value is -1.27. The minimum atomic E-state index is -4.29. The van der Waals surface area contributed by atoms with Gasteiger partial charge in [0.2, 0.25) is 0 Å². The number of rotatable bonds is 1. The molecule has 0 aliphatic heterocycles. The molecule has 16 heavy (non-hydrogen) atoms. The molecular formula is C9H4ClF2NO2S. The van der Waals surface area contributed by atoms with Gasteiger partial charge < -0.3 is 0 Å². The third kappa shape index (κ3) is 1.74. The normalized spacial score (nSPS) is 11.9. The maximum atomic E-state index is 13.3. The fourth-order valence-corrected chi connectivity index (χ4v) is 2.59. The molecule has 84 valence electrons. The van der Waals surface area contributed by atoms with Gasteiger partial charge in [0, 0.05) is 28.3 Å². The van der Waals surface area contributed by atoms with E-state index in [1.54, 1.807) is 0 Å². The average molecular weight is 264 g/mol. The number of fused-ring (bicyclic) bond motifs is 1. The first-order chi connectivity index (χ1) is 7.41. The smallest absolute Gasteiger partial charge is 0.253 e. The Kier molecular flexibility index (Phi) is 2.55. The lowest BCUT2D eigenvalue weighted by atomic mass is 10.2. The molecule has 0 aliphatic rings. The van der Waals surface area contributed by atoms with E-state index >= 15 is 0 Å². The van der Waals surface area contributed by atoms with E-state index in [4.69, 9.17) is 10.7 Å². The Balaban J connectivity index is 3.05. The Bertz CT molecular complexity index is 673. The van der Waals surface area contributed by atoms with Crippen molar-refractivity contribution in [3.05, 3.63) is 36.0 Å². The molecule has 0 radical (unpaired) electrons. The third-order valence-corrected chi connectivity index (χ3v) is 3.36. The molecule has 0 amide bonds. The van der Waals surface area contributed by atoms with Gasteiger partial charge in [-0.2, -0.15) is 0 Å². The van der Waals surface area contributed by atoms with E-state index in [-0.39, 0.29) is 10.9 Å². The summed E-state index contributed by atoms with van der Waals surface area (Å²) in [5.41, 5.74) is -0.233. The first kappa shape index (κ1) is 11.2. The van der Waals surface area contributed by atoms with Crippen LogP contribution in [0.25, 0.3) is 10.9 Å². The number of hydrogen-bond donors (Lipinski definition) is 0. The van der Waals surface area contributed by atoms with Gasteiger partial charge in [-0.15, -0.1) is 0 Å². The number of nitrogens with zero attached hydrogens (tertiary/aromatic N) is 1. The second-order valence-electron chi connectivity index (χ2n) is 3.01. The Morgan fingerprint density at radius 3 is 2.56 bits per heavy atom. The zero-order valence-electron chi connectivity index (χ0n) is 7.62. The van der Waals surface area contributed by atoms with Crippen LogP contribution >= 0.6 is 10.7 Å². The second kappa shape index (κ2) is 3.64. The first-order valence-electron chi connectivity index (χ1n) is 4.08. The number of benzene rings is 1. The lowest BCUT2D eigenvalue weighted by molar-refractivity contribution is 0.561. The summed E-state index contributed by atoms with van der Waals surface area (Å²) in [5.74, 6) is -2.16. The van der Waals surface area contributed by atoms with E-state index in [1.807, 2.05) is 0 Å². The van der Waals surface area contributed by atoms with Crippen molar-refractivity contribution in [1.82, 2.24) is 4.98 Å². The SMILES string of the molecule is O=S(=O)(Cl)c1c(F)cc(F)c2ncccc12. The molecule has 0 unspecified atom stereocenters. The molecule has 0 saturated heterocycles. The lowest BCUT2D eigenvalue weighted by Gasteiger charge is -2.04. The highest BCUT2D eigenvalue weighted by atomic mass is 35.7. The molecule has 2 rings (SSSR count). The van der Waals surface area contributed by atoms with Crippen molar-refractivity contribution in [2.45, 2.75) is 4.90 Å². The van der Waals surface area contributed by atoms with Gasteiger partial charge in [0.15, 0.2) is 5.82 Å². The number of halogens is 3. The summed E-state index contributed by atoms with van der Waals surface area (Å²) < 4.78 is 48.9. The Morgan fingerprint density at radius 1 is 1.25 bits per heavy atom. The van der Waals surface area contributed by atoms with Crippen LogP contribution in [0.3, 0.4) is 0 Å². The van der Waals surface area contributed by atoms with Gasteiger partial charge in [-0.3, -0.25) is 4.98 Å². The van der Waals surface area contributed by atoms with Crippen LogP contribution in [0.15, 0.2) is 29.3 Å². The molecule has 1 aromatic carbocycles. The van der Waals surface area contributed by atoms with Gasteiger partial charge in [0.1, 0.15) is 16.2 Å². The summed E-state index contributed by atoms with van der Waals surface area (Å²) in [6, 6.07) is 3.06. The van der Waals surface area contributed by atoms with Crippen LogP contribution in [0, 0.1) is 11.6 Å². The Labute approximate surface area is 94.1 Å². The molecule has 0 aliphatic carbocycles. The van der Waals surface area contributed by atoms with Crippen molar-refractivity contribution in [3.63, 3.8) is 0 Å². The van der Waals surface area contributed by atoms with Crippen LogP contribution in [-0.4, -0.2) is 13.4 Å². The summed E-state index contributed by atoms with van der Waals surface area (Å²) in [4.78, 5) is 2.88. The van der Waals surface area contributed by atoms with Gasteiger partial charge in [-0.05, 0) is 12.1 Å². The van der Waals surface area contributed by atoms with E-state index in [2.05, 4.69) is 4.98 Å². The standard InChI is InChI=1S/C9H4ClF2NO2S/c10-16(14,15)9-5-2-1-3-13-8(5)6(11)4-7(9)12/h1-4H. The minimum Gasteiger partial charge on any atom is -0.253 e. The van der Waals surface area contributed by atoms with Crippen molar-refractivity contribution in [3.8, 4) is 0 Å². The van der Waals surface area contributed by atoms with Crippen LogP contribution in [0.2, 0.25) is 0 Å². The topological polar surface area (TPSA) is 47.0 Å². The van der Waals surface area contributed by atoms with Crippen LogP contribution in [0.4, 0.5) is 8.78 Å². The van der Waals surface area contributed by atoms with E-state index < -0.39 is 25.6 Å². The maximum Gasteiger partial charge on any atom is 0.264 e. The zero-order valence-corrected chi connectivity index (χ0v) is 9.19. The van der Waals surface area contributed by atoms with Crippen molar-refractivity contribution in [2.75, 3.05) is 0 Å². The van der Waals surface area contributed by atoms with Gasteiger partial charge in [0.05, 0.1) is 0 Å². The predicted molar refractivity (Wildman–Crippen MR) is 54.7 cm³/mol. The molecular weight excluding hydrogens is 260 g/mol. The predicted octanol–water partition coefficient (Wildman–Crippen LogP) is 2.44. The fourth-order valence-electron chi connectivity index (χ4n) is 1.40. The minimum absolute atomic E-state index is 0.171. The molecule has 0 saturated carbocycles. The quantitative estimate of drug-likeness (QED) is 0.743.